The summed E-state index contributed by atoms with van der Waals surface area (Å²) in [7, 11) is -3.63. The van der Waals surface area contributed by atoms with E-state index < -0.39 is 10.0 Å². The van der Waals surface area contributed by atoms with Crippen LogP contribution in [0.5, 0.6) is 0 Å². The lowest BCUT2D eigenvalue weighted by atomic mass is 9.78. The van der Waals surface area contributed by atoms with Gasteiger partial charge in [-0.3, -0.25) is 4.79 Å². The summed E-state index contributed by atoms with van der Waals surface area (Å²) < 4.78 is 32.7. The van der Waals surface area contributed by atoms with Crippen LogP contribution in [-0.4, -0.2) is 51.0 Å². The molecule has 1 amide bonds. The highest BCUT2D eigenvalue weighted by atomic mass is 32.2. The summed E-state index contributed by atoms with van der Waals surface area (Å²) in [5.41, 5.74) is 1.05. The molecular formula is C20H30N2O4S. The average molecular weight is 395 g/mol. The predicted molar refractivity (Wildman–Crippen MR) is 104 cm³/mol. The number of aryl methyl sites for hydroxylation is 1. The van der Waals surface area contributed by atoms with E-state index in [1.807, 2.05) is 0 Å². The second-order valence-electron chi connectivity index (χ2n) is 7.84. The molecule has 0 aromatic heterocycles. The Hall–Kier alpha value is -1.44. The third kappa shape index (κ3) is 4.36. The first kappa shape index (κ1) is 20.3. The van der Waals surface area contributed by atoms with E-state index in [4.69, 9.17) is 4.74 Å². The number of sulfonamides is 1. The summed E-state index contributed by atoms with van der Waals surface area (Å²) in [6.07, 6.45) is 3.28. The molecule has 0 spiro atoms. The number of hydrogen-bond acceptors (Lipinski definition) is 4. The van der Waals surface area contributed by atoms with Crippen molar-refractivity contribution in [2.45, 2.75) is 51.0 Å². The SMILES string of the molecule is Cc1ccc(C(=O)N[C@@H]2CCC[C@@H](C)[C@H]2C)cc1S(=O)(=O)N1CCOCC1. The molecule has 7 heteroatoms. The van der Waals surface area contributed by atoms with Crippen LogP contribution in [0.25, 0.3) is 0 Å². The van der Waals surface area contributed by atoms with Gasteiger partial charge in [0.15, 0.2) is 0 Å². The van der Waals surface area contributed by atoms with Crippen LogP contribution in [0, 0.1) is 18.8 Å². The lowest BCUT2D eigenvalue weighted by Crippen LogP contribution is -2.44. The zero-order valence-corrected chi connectivity index (χ0v) is 17.2. The molecule has 1 aliphatic heterocycles. The van der Waals surface area contributed by atoms with Crippen LogP contribution >= 0.6 is 0 Å². The quantitative estimate of drug-likeness (QED) is 0.852. The van der Waals surface area contributed by atoms with E-state index in [9.17, 15) is 13.2 Å². The molecule has 27 heavy (non-hydrogen) atoms. The van der Waals surface area contributed by atoms with Gasteiger partial charge in [-0.25, -0.2) is 8.42 Å². The van der Waals surface area contributed by atoms with Crippen LogP contribution < -0.4 is 5.32 Å². The minimum atomic E-state index is -3.63. The van der Waals surface area contributed by atoms with Crippen LogP contribution in [0.2, 0.25) is 0 Å². The maximum atomic E-state index is 13.0. The summed E-state index contributed by atoms with van der Waals surface area (Å²) in [6.45, 7) is 7.65. The van der Waals surface area contributed by atoms with Gasteiger partial charge in [0.25, 0.3) is 5.91 Å². The van der Waals surface area contributed by atoms with Crippen LogP contribution in [0.4, 0.5) is 0 Å². The fourth-order valence-corrected chi connectivity index (χ4v) is 5.64. The Kier molecular flexibility index (Phi) is 6.23. The van der Waals surface area contributed by atoms with Gasteiger partial charge < -0.3 is 10.1 Å². The minimum absolute atomic E-state index is 0.141. The standard InChI is InChI=1S/C20H30N2O4S/c1-14-5-4-6-18(16(14)3)21-20(23)17-8-7-15(2)19(13-17)27(24,25)22-9-11-26-12-10-22/h7-8,13-14,16,18H,4-6,9-12H2,1-3H3,(H,21,23)/t14-,16-,18-/m1/s1. The first-order valence-corrected chi connectivity index (χ1v) is 11.2. The molecule has 2 fully saturated rings. The van der Waals surface area contributed by atoms with E-state index in [0.717, 1.165) is 12.8 Å². The topological polar surface area (TPSA) is 75.7 Å². The third-order valence-electron chi connectivity index (χ3n) is 6.06. The van der Waals surface area contributed by atoms with Crippen molar-refractivity contribution >= 4 is 15.9 Å². The fourth-order valence-electron chi connectivity index (χ4n) is 3.98. The van der Waals surface area contributed by atoms with E-state index >= 15 is 0 Å². The normalized spacial score (nSPS) is 27.3. The van der Waals surface area contributed by atoms with Gasteiger partial charge in [-0.05, 0) is 42.9 Å². The minimum Gasteiger partial charge on any atom is -0.379 e. The van der Waals surface area contributed by atoms with Crippen LogP contribution in [0.3, 0.4) is 0 Å². The molecule has 1 aliphatic carbocycles. The number of carbonyl (C=O) groups excluding carboxylic acids is 1. The summed E-state index contributed by atoms with van der Waals surface area (Å²) in [6, 6.07) is 5.09. The average Bonchev–Trinajstić information content (AvgIpc) is 2.66. The lowest BCUT2D eigenvalue weighted by Gasteiger charge is -2.34. The summed E-state index contributed by atoms with van der Waals surface area (Å²) in [5, 5.41) is 3.13. The number of hydrogen-bond donors (Lipinski definition) is 1. The highest BCUT2D eigenvalue weighted by Crippen LogP contribution is 2.30. The van der Waals surface area contributed by atoms with E-state index in [0.29, 0.717) is 49.3 Å². The second-order valence-corrected chi connectivity index (χ2v) is 9.75. The van der Waals surface area contributed by atoms with Gasteiger partial charge in [-0.2, -0.15) is 4.31 Å². The first-order chi connectivity index (χ1) is 12.8. The molecule has 1 aromatic carbocycles. The van der Waals surface area contributed by atoms with Gasteiger partial charge in [0.2, 0.25) is 10.0 Å². The summed E-state index contributed by atoms with van der Waals surface area (Å²) >= 11 is 0. The van der Waals surface area contributed by atoms with E-state index in [2.05, 4.69) is 19.2 Å². The predicted octanol–water partition coefficient (Wildman–Crippen LogP) is 2.57. The van der Waals surface area contributed by atoms with E-state index in [1.54, 1.807) is 19.1 Å². The Morgan fingerprint density at radius 3 is 2.59 bits per heavy atom. The number of amides is 1. The largest absolute Gasteiger partial charge is 0.379 e. The molecule has 1 N–H and O–H groups in total. The number of ether oxygens (including phenoxy) is 1. The molecule has 1 saturated heterocycles. The third-order valence-corrected chi connectivity index (χ3v) is 8.10. The van der Waals surface area contributed by atoms with Crippen LogP contribution in [0.15, 0.2) is 23.1 Å². The Bertz CT molecular complexity index is 787. The number of rotatable bonds is 4. The molecule has 3 atom stereocenters. The molecule has 3 rings (SSSR count). The van der Waals surface area contributed by atoms with Crippen molar-refractivity contribution in [1.82, 2.24) is 9.62 Å². The van der Waals surface area contributed by atoms with Crippen molar-refractivity contribution in [3.8, 4) is 0 Å². The van der Waals surface area contributed by atoms with Crippen molar-refractivity contribution in [2.75, 3.05) is 26.3 Å². The van der Waals surface area contributed by atoms with Crippen molar-refractivity contribution in [2.24, 2.45) is 11.8 Å². The number of nitrogens with zero attached hydrogens (tertiary/aromatic N) is 1. The van der Waals surface area contributed by atoms with Crippen molar-refractivity contribution in [1.29, 1.82) is 0 Å². The number of nitrogens with one attached hydrogen (secondary N) is 1. The molecule has 2 aliphatic rings. The Morgan fingerprint density at radius 1 is 1.19 bits per heavy atom. The zero-order valence-electron chi connectivity index (χ0n) is 16.4. The molecule has 1 heterocycles. The molecule has 0 unspecified atom stereocenters. The number of benzene rings is 1. The van der Waals surface area contributed by atoms with Crippen molar-refractivity contribution in [3.05, 3.63) is 29.3 Å². The molecule has 0 bridgehead atoms. The van der Waals surface area contributed by atoms with E-state index in [1.165, 1.54) is 16.8 Å². The van der Waals surface area contributed by atoms with Gasteiger partial charge in [0.05, 0.1) is 18.1 Å². The lowest BCUT2D eigenvalue weighted by molar-refractivity contribution is 0.0730. The van der Waals surface area contributed by atoms with Crippen LogP contribution in [0.1, 0.15) is 49.0 Å². The van der Waals surface area contributed by atoms with Crippen molar-refractivity contribution < 1.29 is 17.9 Å². The van der Waals surface area contributed by atoms with Gasteiger partial charge in [0.1, 0.15) is 0 Å². The second kappa shape index (κ2) is 8.29. The molecule has 1 aromatic rings. The number of carbonyl (C=O) groups is 1. The molecule has 6 nitrogen and oxygen atoms in total. The summed E-state index contributed by atoms with van der Waals surface area (Å²) in [5.74, 6) is 0.809. The van der Waals surface area contributed by atoms with Crippen LogP contribution in [-0.2, 0) is 14.8 Å². The summed E-state index contributed by atoms with van der Waals surface area (Å²) in [4.78, 5) is 13.0. The maximum absolute atomic E-state index is 13.0. The van der Waals surface area contributed by atoms with Gasteiger partial charge in [0, 0.05) is 24.7 Å². The fraction of sp³-hybridized carbons (Fsp3) is 0.650. The molecule has 150 valence electrons. The molecule has 0 radical (unpaired) electrons. The zero-order chi connectivity index (χ0) is 19.6. The van der Waals surface area contributed by atoms with Crippen molar-refractivity contribution in [3.63, 3.8) is 0 Å². The Balaban J connectivity index is 1.81. The number of morpholine rings is 1. The monoisotopic (exact) mass is 394 g/mol. The van der Waals surface area contributed by atoms with Gasteiger partial charge >= 0.3 is 0 Å². The maximum Gasteiger partial charge on any atom is 0.251 e. The van der Waals surface area contributed by atoms with Gasteiger partial charge in [-0.15, -0.1) is 0 Å². The van der Waals surface area contributed by atoms with E-state index in [-0.39, 0.29) is 16.8 Å². The Labute approximate surface area is 162 Å². The smallest absolute Gasteiger partial charge is 0.251 e. The highest BCUT2D eigenvalue weighted by Gasteiger charge is 2.30. The van der Waals surface area contributed by atoms with Gasteiger partial charge in [-0.1, -0.05) is 32.8 Å². The highest BCUT2D eigenvalue weighted by molar-refractivity contribution is 7.89. The Morgan fingerprint density at radius 2 is 1.89 bits per heavy atom. The molecule has 1 saturated carbocycles. The molecular weight excluding hydrogens is 364 g/mol. The first-order valence-electron chi connectivity index (χ1n) is 9.80.